The van der Waals surface area contributed by atoms with Gasteiger partial charge < -0.3 is 14.7 Å². The van der Waals surface area contributed by atoms with Crippen molar-refractivity contribution in [3.05, 3.63) is 65.4 Å². The van der Waals surface area contributed by atoms with E-state index in [1.165, 1.54) is 6.08 Å². The number of rotatable bonds is 9. The monoisotopic (exact) mass is 479 g/mol. The lowest BCUT2D eigenvalue weighted by Crippen LogP contribution is -2.54. The lowest BCUT2D eigenvalue weighted by atomic mass is 10.2. The second-order valence-electron chi connectivity index (χ2n) is 8.23. The molecule has 4 rings (SSSR count). The minimum atomic E-state index is -0.561. The molecule has 2 amide bonds. The zero-order chi connectivity index (χ0) is 23.8. The van der Waals surface area contributed by atoms with Gasteiger partial charge in [-0.1, -0.05) is 41.6 Å². The first kappa shape index (κ1) is 23.8. The van der Waals surface area contributed by atoms with Crippen molar-refractivity contribution in [2.24, 2.45) is 0 Å². The highest BCUT2D eigenvalue weighted by Gasteiger charge is 2.25. The van der Waals surface area contributed by atoms with Crippen molar-refractivity contribution in [2.45, 2.75) is 25.8 Å². The first-order valence-electron chi connectivity index (χ1n) is 11.5. The van der Waals surface area contributed by atoms with Gasteiger partial charge in [0.05, 0.1) is 4.88 Å². The van der Waals surface area contributed by atoms with Crippen LogP contribution in [0, 0.1) is 0 Å². The first-order chi connectivity index (χ1) is 16.6. The van der Waals surface area contributed by atoms with Gasteiger partial charge in [0.1, 0.15) is 6.04 Å². The van der Waals surface area contributed by atoms with Gasteiger partial charge in [0, 0.05) is 38.7 Å². The summed E-state index contributed by atoms with van der Waals surface area (Å²) in [6.07, 6.45) is 4.85. The van der Waals surface area contributed by atoms with Crippen LogP contribution in [0.15, 0.2) is 58.4 Å². The van der Waals surface area contributed by atoms with Gasteiger partial charge >= 0.3 is 0 Å². The van der Waals surface area contributed by atoms with Crippen molar-refractivity contribution in [2.75, 3.05) is 32.7 Å². The third kappa shape index (κ3) is 6.61. The molecule has 0 bridgehead atoms. The minimum absolute atomic E-state index is 0.0481. The average Bonchev–Trinajstić information content (AvgIpc) is 3.56. The van der Waals surface area contributed by atoms with Crippen LogP contribution in [0.1, 0.15) is 24.8 Å². The van der Waals surface area contributed by atoms with Crippen LogP contribution in [0.2, 0.25) is 0 Å². The van der Waals surface area contributed by atoms with E-state index < -0.39 is 6.04 Å². The highest BCUT2D eigenvalue weighted by atomic mass is 32.1. The Labute approximate surface area is 203 Å². The molecule has 0 spiro atoms. The molecule has 8 nitrogen and oxygen atoms in total. The molecule has 1 aliphatic heterocycles. The van der Waals surface area contributed by atoms with E-state index >= 15 is 0 Å². The summed E-state index contributed by atoms with van der Waals surface area (Å²) in [5, 5.41) is 8.81. The molecule has 0 aliphatic carbocycles. The van der Waals surface area contributed by atoms with Crippen LogP contribution in [-0.4, -0.2) is 70.5 Å². The number of aryl methyl sites for hydroxylation is 1. The second-order valence-corrected chi connectivity index (χ2v) is 9.18. The number of nitrogens with one attached hydrogen (secondary N) is 1. The summed E-state index contributed by atoms with van der Waals surface area (Å²) in [5.74, 6) is 0.983. The third-order valence-corrected chi connectivity index (χ3v) is 6.58. The molecule has 1 atom stereocenters. The number of nitrogens with zero attached hydrogens (tertiary/aromatic N) is 4. The quantitative estimate of drug-likeness (QED) is 0.474. The molecule has 1 aromatic carbocycles. The molecule has 0 saturated carbocycles. The summed E-state index contributed by atoms with van der Waals surface area (Å²) in [6.45, 7) is 5.58. The second kappa shape index (κ2) is 11.7. The number of carbonyl (C=O) groups excluding carboxylic acids is 2. The van der Waals surface area contributed by atoms with Crippen molar-refractivity contribution >= 4 is 29.2 Å². The summed E-state index contributed by atoms with van der Waals surface area (Å²) in [7, 11) is 0. The van der Waals surface area contributed by atoms with Crippen molar-refractivity contribution in [1.82, 2.24) is 25.3 Å². The molecule has 2 aromatic heterocycles. The third-order valence-electron chi connectivity index (χ3n) is 5.71. The Hall–Kier alpha value is -3.30. The largest absolute Gasteiger partial charge is 0.341 e. The highest BCUT2D eigenvalue weighted by Crippen LogP contribution is 2.21. The van der Waals surface area contributed by atoms with E-state index in [0.29, 0.717) is 24.8 Å². The fourth-order valence-corrected chi connectivity index (χ4v) is 4.49. The lowest BCUT2D eigenvalue weighted by Gasteiger charge is -2.36. The van der Waals surface area contributed by atoms with Gasteiger partial charge in [-0.05, 0) is 43.0 Å². The molecular formula is C25H29N5O3S. The SMILES string of the molecule is CC(NC(=O)/C=C/c1ccccc1)C(=O)N1CCN(CCCc2nc(-c3cccs3)no2)CC1. The van der Waals surface area contributed by atoms with Crippen LogP contribution in [0.4, 0.5) is 0 Å². The van der Waals surface area contributed by atoms with Gasteiger partial charge in [-0.2, -0.15) is 4.98 Å². The number of amides is 2. The van der Waals surface area contributed by atoms with E-state index in [4.69, 9.17) is 4.52 Å². The van der Waals surface area contributed by atoms with Crippen LogP contribution in [0.3, 0.4) is 0 Å². The summed E-state index contributed by atoms with van der Waals surface area (Å²) in [5.41, 5.74) is 0.940. The van der Waals surface area contributed by atoms with Gasteiger partial charge in [-0.3, -0.25) is 14.5 Å². The normalized spacial score (nSPS) is 15.5. The summed E-state index contributed by atoms with van der Waals surface area (Å²) in [4.78, 5) is 34.6. The van der Waals surface area contributed by atoms with E-state index in [1.54, 1.807) is 24.3 Å². The van der Waals surface area contributed by atoms with Crippen molar-refractivity contribution in [3.63, 3.8) is 0 Å². The Balaban J connectivity index is 1.15. The standard InChI is InChI=1S/C25H29N5O3S/c1-19(26-22(31)12-11-20-7-3-2-4-8-20)25(32)30-16-14-29(15-17-30)13-5-10-23-27-24(28-33-23)21-9-6-18-34-21/h2-4,6-9,11-12,18-19H,5,10,13-17H2,1H3,(H,26,31)/b12-11+. The fraction of sp³-hybridized carbons (Fsp3) is 0.360. The summed E-state index contributed by atoms with van der Waals surface area (Å²) >= 11 is 1.59. The molecule has 1 fully saturated rings. The molecule has 1 N–H and O–H groups in total. The number of thiophene rings is 1. The number of carbonyl (C=O) groups is 2. The van der Waals surface area contributed by atoms with Gasteiger partial charge in [-0.25, -0.2) is 0 Å². The number of hydrogen-bond acceptors (Lipinski definition) is 7. The molecule has 3 aromatic rings. The van der Waals surface area contributed by atoms with E-state index in [-0.39, 0.29) is 11.8 Å². The smallest absolute Gasteiger partial charge is 0.244 e. The molecule has 1 aliphatic rings. The van der Waals surface area contributed by atoms with Crippen molar-refractivity contribution in [1.29, 1.82) is 0 Å². The van der Waals surface area contributed by atoms with Crippen LogP contribution >= 0.6 is 11.3 Å². The van der Waals surface area contributed by atoms with E-state index in [1.807, 2.05) is 52.7 Å². The minimum Gasteiger partial charge on any atom is -0.341 e. The maximum Gasteiger partial charge on any atom is 0.244 e. The molecule has 34 heavy (non-hydrogen) atoms. The number of aromatic nitrogens is 2. The topological polar surface area (TPSA) is 91.6 Å². The lowest BCUT2D eigenvalue weighted by molar-refractivity contribution is -0.136. The summed E-state index contributed by atoms with van der Waals surface area (Å²) in [6, 6.07) is 13.0. The molecule has 1 unspecified atom stereocenters. The Kier molecular flexibility index (Phi) is 8.21. The Bertz CT molecular complexity index is 1090. The van der Waals surface area contributed by atoms with E-state index in [2.05, 4.69) is 20.4 Å². The predicted octanol–water partition coefficient (Wildman–Crippen LogP) is 3.09. The predicted molar refractivity (Wildman–Crippen MR) is 132 cm³/mol. The van der Waals surface area contributed by atoms with Gasteiger partial charge in [0.2, 0.25) is 23.5 Å². The van der Waals surface area contributed by atoms with Crippen molar-refractivity contribution in [3.8, 4) is 10.7 Å². The van der Waals surface area contributed by atoms with Crippen molar-refractivity contribution < 1.29 is 14.1 Å². The maximum absolute atomic E-state index is 12.8. The summed E-state index contributed by atoms with van der Waals surface area (Å²) < 4.78 is 5.36. The molecule has 1 saturated heterocycles. The van der Waals surface area contributed by atoms with E-state index in [0.717, 1.165) is 42.9 Å². The molecule has 3 heterocycles. The Morgan fingerprint density at radius 1 is 1.15 bits per heavy atom. The first-order valence-corrected chi connectivity index (χ1v) is 12.4. The highest BCUT2D eigenvalue weighted by molar-refractivity contribution is 7.13. The zero-order valence-corrected chi connectivity index (χ0v) is 20.0. The molecule has 9 heteroatoms. The van der Waals surface area contributed by atoms with Gasteiger partial charge in [0.25, 0.3) is 0 Å². The van der Waals surface area contributed by atoms with Crippen LogP contribution in [0.25, 0.3) is 16.8 Å². The van der Waals surface area contributed by atoms with Gasteiger partial charge in [0.15, 0.2) is 0 Å². The molecule has 0 radical (unpaired) electrons. The number of piperazine rings is 1. The van der Waals surface area contributed by atoms with Crippen LogP contribution in [-0.2, 0) is 16.0 Å². The van der Waals surface area contributed by atoms with Crippen LogP contribution < -0.4 is 5.32 Å². The Morgan fingerprint density at radius 3 is 2.68 bits per heavy atom. The fourth-order valence-electron chi connectivity index (χ4n) is 3.84. The van der Waals surface area contributed by atoms with Crippen LogP contribution in [0.5, 0.6) is 0 Å². The zero-order valence-electron chi connectivity index (χ0n) is 19.2. The van der Waals surface area contributed by atoms with Gasteiger partial charge in [-0.15, -0.1) is 11.3 Å². The molecular weight excluding hydrogens is 450 g/mol. The van der Waals surface area contributed by atoms with E-state index in [9.17, 15) is 9.59 Å². The Morgan fingerprint density at radius 2 is 1.94 bits per heavy atom. The maximum atomic E-state index is 12.8. The number of hydrogen-bond donors (Lipinski definition) is 1. The average molecular weight is 480 g/mol. The molecule has 178 valence electrons. The number of benzene rings is 1.